The fraction of sp³-hybridized carbons (Fsp3) is 0.188. The van der Waals surface area contributed by atoms with Crippen molar-refractivity contribution in [1.82, 2.24) is 15.0 Å². The SMILES string of the molecule is N#Cc1ccc(NCCCc2nc3ccccc3[nH]2)cn1. The zero-order valence-electron chi connectivity index (χ0n) is 11.5. The van der Waals surface area contributed by atoms with E-state index in [9.17, 15) is 0 Å². The van der Waals surface area contributed by atoms with Gasteiger partial charge in [-0.2, -0.15) is 5.26 Å². The van der Waals surface area contributed by atoms with E-state index in [1.165, 1.54) is 0 Å². The third-order valence-electron chi connectivity index (χ3n) is 3.24. The lowest BCUT2D eigenvalue weighted by molar-refractivity contribution is 0.819. The number of rotatable bonds is 5. The zero-order valence-corrected chi connectivity index (χ0v) is 11.5. The van der Waals surface area contributed by atoms with Gasteiger partial charge in [-0.1, -0.05) is 12.1 Å². The minimum atomic E-state index is 0.433. The normalized spacial score (nSPS) is 10.4. The first-order chi connectivity index (χ1) is 10.3. The number of aromatic amines is 1. The van der Waals surface area contributed by atoms with Crippen LogP contribution in [0.2, 0.25) is 0 Å². The summed E-state index contributed by atoms with van der Waals surface area (Å²) in [5.74, 6) is 1.01. The van der Waals surface area contributed by atoms with Crippen molar-refractivity contribution in [3.8, 4) is 6.07 Å². The molecule has 0 saturated carbocycles. The number of hydrogen-bond donors (Lipinski definition) is 2. The summed E-state index contributed by atoms with van der Waals surface area (Å²) >= 11 is 0. The first-order valence-corrected chi connectivity index (χ1v) is 6.89. The number of nitriles is 1. The number of anilines is 1. The summed E-state index contributed by atoms with van der Waals surface area (Å²) < 4.78 is 0. The van der Waals surface area contributed by atoms with Gasteiger partial charge in [0.1, 0.15) is 17.6 Å². The predicted octanol–water partition coefficient (Wildman–Crippen LogP) is 2.87. The Morgan fingerprint density at radius 3 is 2.86 bits per heavy atom. The molecule has 0 fully saturated rings. The van der Waals surface area contributed by atoms with Gasteiger partial charge in [-0.3, -0.25) is 0 Å². The molecule has 2 N–H and O–H groups in total. The molecule has 0 unspecified atom stereocenters. The van der Waals surface area contributed by atoms with Crippen LogP contribution in [0.25, 0.3) is 11.0 Å². The molecule has 0 aliphatic rings. The van der Waals surface area contributed by atoms with E-state index < -0.39 is 0 Å². The van der Waals surface area contributed by atoms with E-state index in [4.69, 9.17) is 5.26 Å². The maximum absolute atomic E-state index is 8.69. The number of nitrogens with one attached hydrogen (secondary N) is 2. The van der Waals surface area contributed by atoms with Crippen LogP contribution in [0, 0.1) is 11.3 Å². The van der Waals surface area contributed by atoms with Gasteiger partial charge in [0.05, 0.1) is 22.9 Å². The number of fused-ring (bicyclic) bond motifs is 1. The molecule has 0 spiro atoms. The van der Waals surface area contributed by atoms with E-state index >= 15 is 0 Å². The number of imidazole rings is 1. The second-order valence-electron chi connectivity index (χ2n) is 4.77. The van der Waals surface area contributed by atoms with Crippen LogP contribution in [0.1, 0.15) is 17.9 Å². The molecule has 0 aliphatic heterocycles. The topological polar surface area (TPSA) is 77.4 Å². The summed E-state index contributed by atoms with van der Waals surface area (Å²) in [4.78, 5) is 11.9. The monoisotopic (exact) mass is 277 g/mol. The van der Waals surface area contributed by atoms with Gasteiger partial charge < -0.3 is 10.3 Å². The highest BCUT2D eigenvalue weighted by Gasteiger charge is 2.01. The average molecular weight is 277 g/mol. The largest absolute Gasteiger partial charge is 0.384 e. The van der Waals surface area contributed by atoms with Crippen LogP contribution in [0.5, 0.6) is 0 Å². The second-order valence-corrected chi connectivity index (χ2v) is 4.77. The Bertz CT molecular complexity index is 734. The van der Waals surface area contributed by atoms with Gasteiger partial charge in [-0.05, 0) is 30.7 Å². The Morgan fingerprint density at radius 1 is 1.19 bits per heavy atom. The van der Waals surface area contributed by atoms with E-state index in [-0.39, 0.29) is 0 Å². The molecular weight excluding hydrogens is 262 g/mol. The molecule has 0 amide bonds. The number of nitrogens with zero attached hydrogens (tertiary/aromatic N) is 3. The minimum absolute atomic E-state index is 0.433. The lowest BCUT2D eigenvalue weighted by atomic mass is 10.3. The van der Waals surface area contributed by atoms with E-state index in [0.717, 1.165) is 41.9 Å². The van der Waals surface area contributed by atoms with E-state index in [1.54, 1.807) is 12.3 Å². The van der Waals surface area contributed by atoms with Gasteiger partial charge in [0.25, 0.3) is 0 Å². The molecule has 3 aromatic rings. The molecule has 104 valence electrons. The van der Waals surface area contributed by atoms with Crippen molar-refractivity contribution in [2.45, 2.75) is 12.8 Å². The van der Waals surface area contributed by atoms with E-state index in [1.807, 2.05) is 36.4 Å². The number of aromatic nitrogens is 3. The highest BCUT2D eigenvalue weighted by atomic mass is 14.9. The Morgan fingerprint density at radius 2 is 2.10 bits per heavy atom. The fourth-order valence-electron chi connectivity index (χ4n) is 2.18. The first-order valence-electron chi connectivity index (χ1n) is 6.89. The van der Waals surface area contributed by atoms with Crippen LogP contribution in [-0.4, -0.2) is 21.5 Å². The summed E-state index contributed by atoms with van der Waals surface area (Å²) in [7, 11) is 0. The van der Waals surface area contributed by atoms with E-state index in [2.05, 4.69) is 20.3 Å². The van der Waals surface area contributed by atoms with Gasteiger partial charge in [-0.25, -0.2) is 9.97 Å². The summed E-state index contributed by atoms with van der Waals surface area (Å²) in [6, 6.07) is 13.6. The van der Waals surface area contributed by atoms with E-state index in [0.29, 0.717) is 5.69 Å². The van der Waals surface area contributed by atoms with Crippen LogP contribution in [-0.2, 0) is 6.42 Å². The number of hydrogen-bond acceptors (Lipinski definition) is 4. The van der Waals surface area contributed by atoms with Crippen molar-refractivity contribution in [2.75, 3.05) is 11.9 Å². The molecule has 2 heterocycles. The number of benzene rings is 1. The van der Waals surface area contributed by atoms with Gasteiger partial charge in [0.2, 0.25) is 0 Å². The molecule has 0 bridgehead atoms. The molecule has 1 aromatic carbocycles. The third-order valence-corrected chi connectivity index (χ3v) is 3.24. The van der Waals surface area contributed by atoms with Crippen LogP contribution in [0.15, 0.2) is 42.6 Å². The average Bonchev–Trinajstić information content (AvgIpc) is 2.95. The molecule has 0 aliphatic carbocycles. The van der Waals surface area contributed by atoms with Crippen molar-refractivity contribution >= 4 is 16.7 Å². The van der Waals surface area contributed by atoms with Crippen molar-refractivity contribution in [3.05, 3.63) is 54.1 Å². The Balaban J connectivity index is 1.50. The van der Waals surface area contributed by atoms with Crippen LogP contribution < -0.4 is 5.32 Å². The zero-order chi connectivity index (χ0) is 14.5. The molecule has 0 atom stereocenters. The van der Waals surface area contributed by atoms with Gasteiger partial charge in [0.15, 0.2) is 0 Å². The molecule has 21 heavy (non-hydrogen) atoms. The van der Waals surface area contributed by atoms with Gasteiger partial charge >= 0.3 is 0 Å². The van der Waals surface area contributed by atoms with Crippen molar-refractivity contribution in [2.24, 2.45) is 0 Å². The van der Waals surface area contributed by atoms with Crippen LogP contribution >= 0.6 is 0 Å². The second kappa shape index (κ2) is 6.06. The fourth-order valence-corrected chi connectivity index (χ4v) is 2.18. The standard InChI is InChI=1S/C16H15N5/c17-10-12-7-8-13(11-19-12)18-9-3-6-16-20-14-4-1-2-5-15(14)21-16/h1-2,4-5,7-8,11,18H,3,6,9H2,(H,20,21). The quantitative estimate of drug-likeness (QED) is 0.703. The van der Waals surface area contributed by atoms with Crippen LogP contribution in [0.4, 0.5) is 5.69 Å². The lowest BCUT2D eigenvalue weighted by Crippen LogP contribution is -2.04. The van der Waals surface area contributed by atoms with Crippen molar-refractivity contribution in [3.63, 3.8) is 0 Å². The third kappa shape index (κ3) is 3.18. The van der Waals surface area contributed by atoms with Crippen molar-refractivity contribution < 1.29 is 0 Å². The number of aryl methyl sites for hydroxylation is 1. The Kier molecular flexibility index (Phi) is 3.79. The highest BCUT2D eigenvalue weighted by molar-refractivity contribution is 5.74. The number of para-hydroxylation sites is 2. The maximum atomic E-state index is 8.69. The summed E-state index contributed by atoms with van der Waals surface area (Å²) in [5, 5.41) is 12.0. The maximum Gasteiger partial charge on any atom is 0.140 e. The van der Waals surface area contributed by atoms with Crippen LogP contribution in [0.3, 0.4) is 0 Å². The summed E-state index contributed by atoms with van der Waals surface area (Å²) in [6.45, 7) is 0.838. The molecular formula is C16H15N5. The predicted molar refractivity (Wildman–Crippen MR) is 81.9 cm³/mol. The molecule has 2 aromatic heterocycles. The molecule has 5 heteroatoms. The Hall–Kier alpha value is -2.87. The number of H-pyrrole nitrogens is 1. The molecule has 0 saturated heterocycles. The smallest absolute Gasteiger partial charge is 0.140 e. The summed E-state index contributed by atoms with van der Waals surface area (Å²) in [6.07, 6.45) is 3.55. The summed E-state index contributed by atoms with van der Waals surface area (Å²) in [5.41, 5.74) is 3.45. The molecule has 0 radical (unpaired) electrons. The molecule has 3 rings (SSSR count). The lowest BCUT2D eigenvalue weighted by Gasteiger charge is -2.04. The first kappa shape index (κ1) is 13.1. The molecule has 5 nitrogen and oxygen atoms in total. The Labute approximate surface area is 122 Å². The highest BCUT2D eigenvalue weighted by Crippen LogP contribution is 2.11. The van der Waals surface area contributed by atoms with Gasteiger partial charge in [0, 0.05) is 13.0 Å². The van der Waals surface area contributed by atoms with Gasteiger partial charge in [-0.15, -0.1) is 0 Å². The minimum Gasteiger partial charge on any atom is -0.384 e. The number of pyridine rings is 1. The van der Waals surface area contributed by atoms with Crippen molar-refractivity contribution in [1.29, 1.82) is 5.26 Å².